The van der Waals surface area contributed by atoms with Crippen molar-refractivity contribution in [2.45, 2.75) is 137 Å². The van der Waals surface area contributed by atoms with Crippen molar-refractivity contribution in [2.75, 3.05) is 0 Å². The topological polar surface area (TPSA) is 107 Å². The molecule has 0 rings (SSSR count). The number of carbonyl (C=O) groups excluding carboxylic acids is 3. The number of unbranched alkanes of at least 4 members (excludes halogenated alkanes) is 11. The number of carboxylic acid groups (broad SMARTS) is 2. The van der Waals surface area contributed by atoms with Crippen LogP contribution in [0.4, 0.5) is 0 Å². The van der Waals surface area contributed by atoms with Gasteiger partial charge < -0.3 is 19.8 Å². The standard InChI is InChI=1S/C18H34O2.C6H10O3.C3H7O.Al/c1-2-3-4-5-6-7-8-9-10-11-12-13-14-15-16-17-18(19)20;1-3-5(4(2)7)6(8)9;1-3(2)4;/h9-10H,2-8,11-17H2,1H3,(H,19,20);5H,3H2,1-2H3,(H,8,9);3H,1-2H3;/q;;-1;+3/p-2/b10-9-;;;. The summed E-state index contributed by atoms with van der Waals surface area (Å²) >= 11 is 2.19. The zero-order valence-corrected chi connectivity index (χ0v) is 23.6. The predicted molar refractivity (Wildman–Crippen MR) is 136 cm³/mol. The summed E-state index contributed by atoms with van der Waals surface area (Å²) in [7, 11) is 0. The summed E-state index contributed by atoms with van der Waals surface area (Å²) in [6.45, 7) is 9.11. The molecule has 1 atom stereocenters. The van der Waals surface area contributed by atoms with Crippen LogP contribution in [0.5, 0.6) is 0 Å². The fourth-order valence-electron chi connectivity index (χ4n) is 2.96. The van der Waals surface area contributed by atoms with Gasteiger partial charge in [0.25, 0.3) is 0 Å². The van der Waals surface area contributed by atoms with Crippen LogP contribution in [0.15, 0.2) is 12.2 Å². The van der Waals surface area contributed by atoms with Crippen LogP contribution in [-0.2, 0) is 18.2 Å². The summed E-state index contributed by atoms with van der Waals surface area (Å²) in [5, 5.41) is 20.3. The molecule has 0 aliphatic carbocycles. The summed E-state index contributed by atoms with van der Waals surface area (Å²) < 4.78 is 4.67. The molecule has 0 N–H and O–H groups in total. The Labute approximate surface area is 217 Å². The molecular formula is C27H49AlO6. The molecule has 0 heterocycles. The Hall–Kier alpha value is -1.16. The molecule has 0 radical (unpaired) electrons. The maximum Gasteiger partial charge on any atom is 0.138 e. The number of hydrogen-bond acceptors (Lipinski definition) is 6. The molecule has 0 aromatic carbocycles. The first-order valence-electron chi connectivity index (χ1n) is 13.0. The number of allylic oxidation sites excluding steroid dienone is 2. The van der Waals surface area contributed by atoms with E-state index in [0.717, 1.165) is 19.3 Å². The summed E-state index contributed by atoms with van der Waals surface area (Å²) in [5.41, 5.74) is 0. The molecule has 0 saturated carbocycles. The van der Waals surface area contributed by atoms with Crippen molar-refractivity contribution in [3.8, 4) is 0 Å². The third-order valence-corrected chi connectivity index (χ3v) is 5.64. The van der Waals surface area contributed by atoms with E-state index >= 15 is 0 Å². The molecule has 0 saturated heterocycles. The normalized spacial score (nSPS) is 11.4. The third-order valence-electron chi connectivity index (χ3n) is 5.10. The third kappa shape index (κ3) is 35.4. The number of carbonyl (C=O) groups is 3. The first-order chi connectivity index (χ1) is 16.1. The molecule has 0 spiro atoms. The molecular weight excluding hydrogens is 447 g/mol. The van der Waals surface area contributed by atoms with Crippen molar-refractivity contribution >= 4 is 34.3 Å². The smallest absolute Gasteiger partial charge is 0.138 e. The Morgan fingerprint density at radius 2 is 1.21 bits per heavy atom. The van der Waals surface area contributed by atoms with Crippen LogP contribution in [-0.4, -0.2) is 40.4 Å². The van der Waals surface area contributed by atoms with Gasteiger partial charge >= 0.3 is 40.4 Å². The largest absolute Gasteiger partial charge is 0.550 e. The Balaban J connectivity index is -0.000000563. The molecule has 0 amide bonds. The van der Waals surface area contributed by atoms with E-state index in [1.54, 1.807) is 6.92 Å². The van der Waals surface area contributed by atoms with E-state index in [9.17, 15) is 24.6 Å². The van der Waals surface area contributed by atoms with Gasteiger partial charge in [0, 0.05) is 5.97 Å². The molecule has 0 aliphatic rings. The minimum Gasteiger partial charge on any atom is -0.550 e. The number of hydrogen-bond donors (Lipinski definition) is 0. The average Bonchev–Trinajstić information content (AvgIpc) is 2.77. The molecule has 196 valence electrons. The maximum absolute atomic E-state index is 10.4. The van der Waals surface area contributed by atoms with Crippen molar-refractivity contribution in [1.82, 2.24) is 0 Å². The van der Waals surface area contributed by atoms with E-state index in [-0.39, 0.29) is 12.2 Å². The van der Waals surface area contributed by atoms with Crippen molar-refractivity contribution in [1.29, 1.82) is 0 Å². The van der Waals surface area contributed by atoms with Gasteiger partial charge in [-0.15, -0.1) is 0 Å². The number of rotatable bonds is 19. The van der Waals surface area contributed by atoms with Gasteiger partial charge in [-0.05, 0) is 51.9 Å². The Morgan fingerprint density at radius 1 is 0.794 bits per heavy atom. The van der Waals surface area contributed by atoms with Crippen LogP contribution in [0.25, 0.3) is 0 Å². The van der Waals surface area contributed by atoms with Crippen LogP contribution in [0.3, 0.4) is 0 Å². The second-order valence-electron chi connectivity index (χ2n) is 8.78. The molecule has 0 aromatic heterocycles. The fraction of sp³-hybridized carbons (Fsp3) is 0.815. The first-order valence-corrected chi connectivity index (χ1v) is 13.5. The predicted octanol–water partition coefficient (Wildman–Crippen LogP) is 4.62. The van der Waals surface area contributed by atoms with E-state index in [2.05, 4.69) is 39.5 Å². The second kappa shape index (κ2) is 29.9. The minimum atomic E-state index is -1.27. The summed E-state index contributed by atoms with van der Waals surface area (Å²) in [4.78, 5) is 30.6. The molecule has 0 aliphatic heterocycles. The Kier molecular flexibility index (Phi) is 32.9. The van der Waals surface area contributed by atoms with Gasteiger partial charge in [-0.3, -0.25) is 4.79 Å². The zero-order chi connectivity index (χ0) is 26.6. The number of aliphatic carboxylic acids is 2. The van der Waals surface area contributed by atoms with Crippen molar-refractivity contribution in [3.63, 3.8) is 0 Å². The zero-order valence-electron chi connectivity index (χ0n) is 22.4. The quantitative estimate of drug-likeness (QED) is 0.112. The fourth-order valence-corrected chi connectivity index (χ4v) is 2.96. The molecule has 0 fully saturated rings. The van der Waals surface area contributed by atoms with E-state index in [4.69, 9.17) is 0 Å². The van der Waals surface area contributed by atoms with Gasteiger partial charge in [0.1, 0.15) is 5.78 Å². The van der Waals surface area contributed by atoms with Crippen molar-refractivity contribution in [2.24, 2.45) is 5.92 Å². The van der Waals surface area contributed by atoms with Gasteiger partial charge in [0.2, 0.25) is 0 Å². The molecule has 1 unspecified atom stereocenters. The first kappa shape index (κ1) is 37.4. The van der Waals surface area contributed by atoms with Gasteiger partial charge in [-0.25, -0.2) is 0 Å². The van der Waals surface area contributed by atoms with E-state index in [0.29, 0.717) is 12.5 Å². The second-order valence-corrected chi connectivity index (χ2v) is 9.05. The maximum atomic E-state index is 10.4. The number of ketones is 1. The molecule has 6 nitrogen and oxygen atoms in total. The average molecular weight is 497 g/mol. The van der Waals surface area contributed by atoms with Gasteiger partial charge in [0.05, 0.1) is 11.9 Å². The van der Waals surface area contributed by atoms with Gasteiger partial charge in [-0.1, -0.05) is 77.4 Å². The minimum absolute atomic E-state index is 0.220. The van der Waals surface area contributed by atoms with E-state index < -0.39 is 17.9 Å². The van der Waals surface area contributed by atoms with Crippen LogP contribution in [0, 0.1) is 5.92 Å². The van der Waals surface area contributed by atoms with Crippen molar-refractivity contribution in [3.05, 3.63) is 12.2 Å². The van der Waals surface area contributed by atoms with Crippen molar-refractivity contribution < 1.29 is 28.4 Å². The Morgan fingerprint density at radius 3 is 1.50 bits per heavy atom. The summed E-state index contributed by atoms with van der Waals surface area (Å²) in [6.07, 6.45) is 21.6. The number of Topliss-reactive ketones (excluding diaryl/α,β-unsaturated/α-hetero) is 1. The van der Waals surface area contributed by atoms with E-state index in [1.165, 1.54) is 71.1 Å². The van der Waals surface area contributed by atoms with Gasteiger partial charge in [-0.2, -0.15) is 0 Å². The summed E-state index contributed by atoms with van der Waals surface area (Å²) in [6, 6.07) is 0. The SMILES string of the molecule is CC(C)[O][Al+2].CCC(C(C)=O)C(=O)[O-].CCCCCCCC/C=C\CCCCCCCC(=O)[O-]. The van der Waals surface area contributed by atoms with Gasteiger partial charge in [0.15, 0.2) is 0 Å². The summed E-state index contributed by atoms with van der Waals surface area (Å²) in [5.74, 6) is -3.44. The number of carboxylic acids is 2. The molecule has 34 heavy (non-hydrogen) atoms. The van der Waals surface area contributed by atoms with Crippen LogP contribution >= 0.6 is 0 Å². The Bertz CT molecular complexity index is 491. The van der Waals surface area contributed by atoms with Crippen LogP contribution < -0.4 is 10.2 Å². The monoisotopic (exact) mass is 496 g/mol. The van der Waals surface area contributed by atoms with E-state index in [1.807, 2.05) is 13.8 Å². The van der Waals surface area contributed by atoms with Crippen LogP contribution in [0.1, 0.15) is 131 Å². The van der Waals surface area contributed by atoms with Crippen LogP contribution in [0.2, 0.25) is 0 Å². The molecule has 7 heteroatoms. The molecule has 0 bridgehead atoms. The molecule has 0 aromatic rings.